The molecule has 1 amide bonds. The van der Waals surface area contributed by atoms with Crippen molar-refractivity contribution in [1.29, 1.82) is 0 Å². The molecule has 0 aliphatic carbocycles. The normalized spacial score (nSPS) is 12.1. The molecule has 0 aliphatic rings. The first-order valence-electron chi connectivity index (χ1n) is 7.40. The second-order valence-corrected chi connectivity index (χ2v) is 6.66. The van der Waals surface area contributed by atoms with Crippen molar-refractivity contribution in [2.45, 2.75) is 39.5 Å². The summed E-state index contributed by atoms with van der Waals surface area (Å²) >= 11 is 1.51. The maximum absolute atomic E-state index is 11.9. The van der Waals surface area contributed by atoms with Crippen molar-refractivity contribution in [2.75, 3.05) is 12.9 Å². The molecule has 0 radical (unpaired) electrons. The number of benzene rings is 1. The molecular formula is C17H25NO3S. The summed E-state index contributed by atoms with van der Waals surface area (Å²) in [5, 5.41) is 2.98. The van der Waals surface area contributed by atoms with Gasteiger partial charge in [-0.25, -0.2) is 0 Å². The first-order chi connectivity index (χ1) is 10.3. The number of methoxy groups -OCH3 is 1. The summed E-state index contributed by atoms with van der Waals surface area (Å²) in [6.07, 6.45) is 0. The molecular weight excluding hydrogens is 298 g/mol. The van der Waals surface area contributed by atoms with Gasteiger partial charge in [0.2, 0.25) is 5.91 Å². The van der Waals surface area contributed by atoms with E-state index in [-0.39, 0.29) is 17.7 Å². The van der Waals surface area contributed by atoms with Gasteiger partial charge in [-0.1, -0.05) is 13.8 Å². The predicted octanol–water partition coefficient (Wildman–Crippen LogP) is 3.29. The molecule has 5 heteroatoms. The van der Waals surface area contributed by atoms with Gasteiger partial charge < -0.3 is 10.1 Å². The van der Waals surface area contributed by atoms with Crippen molar-refractivity contribution in [1.82, 2.24) is 5.32 Å². The molecule has 1 aromatic rings. The molecule has 0 fully saturated rings. The Hall–Kier alpha value is -1.49. The van der Waals surface area contributed by atoms with Gasteiger partial charge in [-0.3, -0.25) is 9.59 Å². The lowest BCUT2D eigenvalue weighted by atomic mass is 10.1. The number of thioether (sulfide) groups is 1. The van der Waals surface area contributed by atoms with Crippen LogP contribution in [0.4, 0.5) is 0 Å². The number of hydrogen-bond donors (Lipinski definition) is 1. The van der Waals surface area contributed by atoms with Crippen LogP contribution in [-0.4, -0.2) is 30.6 Å². The van der Waals surface area contributed by atoms with Crippen LogP contribution < -0.4 is 10.1 Å². The minimum atomic E-state index is 0.0254. The second kappa shape index (κ2) is 8.83. The smallest absolute Gasteiger partial charge is 0.230 e. The van der Waals surface area contributed by atoms with E-state index in [0.717, 1.165) is 11.3 Å². The Morgan fingerprint density at radius 3 is 2.50 bits per heavy atom. The Morgan fingerprint density at radius 2 is 1.95 bits per heavy atom. The number of amides is 1. The average molecular weight is 323 g/mol. The molecule has 122 valence electrons. The van der Waals surface area contributed by atoms with E-state index in [1.807, 2.05) is 13.0 Å². The summed E-state index contributed by atoms with van der Waals surface area (Å²) in [5.41, 5.74) is 1.60. The van der Waals surface area contributed by atoms with Gasteiger partial charge >= 0.3 is 0 Å². The van der Waals surface area contributed by atoms with E-state index in [0.29, 0.717) is 23.0 Å². The molecule has 0 heterocycles. The van der Waals surface area contributed by atoms with E-state index in [9.17, 15) is 9.59 Å². The van der Waals surface area contributed by atoms with Gasteiger partial charge in [0.15, 0.2) is 5.78 Å². The number of ether oxygens (including phenoxy) is 1. The number of carbonyl (C=O) groups excluding carboxylic acids is 2. The van der Waals surface area contributed by atoms with Crippen LogP contribution in [0.5, 0.6) is 5.75 Å². The van der Waals surface area contributed by atoms with Crippen LogP contribution in [-0.2, 0) is 10.5 Å². The molecule has 0 spiro atoms. The number of rotatable bonds is 8. The van der Waals surface area contributed by atoms with Crippen molar-refractivity contribution < 1.29 is 14.3 Å². The lowest BCUT2D eigenvalue weighted by Crippen LogP contribution is -2.37. The van der Waals surface area contributed by atoms with Crippen molar-refractivity contribution in [3.05, 3.63) is 29.3 Å². The zero-order valence-electron chi connectivity index (χ0n) is 13.9. The number of nitrogens with one attached hydrogen (secondary N) is 1. The van der Waals surface area contributed by atoms with Gasteiger partial charge in [0, 0.05) is 22.9 Å². The molecule has 1 atom stereocenters. The fourth-order valence-corrected chi connectivity index (χ4v) is 2.64. The number of hydrogen-bond acceptors (Lipinski definition) is 4. The lowest BCUT2D eigenvalue weighted by molar-refractivity contribution is -0.119. The van der Waals surface area contributed by atoms with E-state index in [2.05, 4.69) is 19.2 Å². The highest BCUT2D eigenvalue weighted by molar-refractivity contribution is 7.99. The van der Waals surface area contributed by atoms with Gasteiger partial charge in [0.25, 0.3) is 0 Å². The first-order valence-corrected chi connectivity index (χ1v) is 8.55. The number of Topliss-reactive ketones (excluding diaryl/α,β-unsaturated/α-hetero) is 1. The highest BCUT2D eigenvalue weighted by atomic mass is 32.2. The van der Waals surface area contributed by atoms with Gasteiger partial charge in [0.05, 0.1) is 12.9 Å². The largest absolute Gasteiger partial charge is 0.496 e. The van der Waals surface area contributed by atoms with E-state index < -0.39 is 0 Å². The quantitative estimate of drug-likeness (QED) is 0.746. The summed E-state index contributed by atoms with van der Waals surface area (Å²) in [6.45, 7) is 7.71. The molecule has 0 aromatic heterocycles. The zero-order valence-corrected chi connectivity index (χ0v) is 14.8. The average Bonchev–Trinajstić information content (AvgIpc) is 2.46. The summed E-state index contributed by atoms with van der Waals surface area (Å²) in [4.78, 5) is 23.3. The van der Waals surface area contributed by atoms with E-state index in [4.69, 9.17) is 4.74 Å². The predicted molar refractivity (Wildman–Crippen MR) is 91.6 cm³/mol. The summed E-state index contributed by atoms with van der Waals surface area (Å²) in [6, 6.07) is 5.56. The monoisotopic (exact) mass is 323 g/mol. The Morgan fingerprint density at radius 1 is 1.27 bits per heavy atom. The topological polar surface area (TPSA) is 55.4 Å². The zero-order chi connectivity index (χ0) is 16.7. The van der Waals surface area contributed by atoms with Crippen LogP contribution in [0.2, 0.25) is 0 Å². The Bertz CT molecular complexity index is 529. The lowest BCUT2D eigenvalue weighted by Gasteiger charge is -2.17. The van der Waals surface area contributed by atoms with Crippen LogP contribution in [0.15, 0.2) is 18.2 Å². The standard InChI is InChI=1S/C17H25NO3S/c1-11(2)12(3)18-17(20)10-22-9-15-8-14(13(4)19)6-7-16(15)21-5/h6-8,11-12H,9-10H2,1-5H3,(H,18,20)/t12-/m1/s1. The second-order valence-electron chi connectivity index (χ2n) is 5.68. The van der Waals surface area contributed by atoms with Crippen molar-refractivity contribution >= 4 is 23.5 Å². The Balaban J connectivity index is 2.58. The van der Waals surface area contributed by atoms with E-state index in [1.54, 1.807) is 26.2 Å². The Labute approximate surface area is 137 Å². The molecule has 0 saturated heterocycles. The molecule has 0 bridgehead atoms. The molecule has 1 rings (SSSR count). The molecule has 22 heavy (non-hydrogen) atoms. The molecule has 1 aromatic carbocycles. The maximum atomic E-state index is 11.9. The highest BCUT2D eigenvalue weighted by Crippen LogP contribution is 2.24. The number of carbonyl (C=O) groups is 2. The number of ketones is 1. The van der Waals surface area contributed by atoms with Crippen molar-refractivity contribution in [2.24, 2.45) is 5.92 Å². The first kappa shape index (κ1) is 18.6. The van der Waals surface area contributed by atoms with Crippen LogP contribution in [0.25, 0.3) is 0 Å². The fourth-order valence-electron chi connectivity index (χ4n) is 1.83. The minimum absolute atomic E-state index is 0.0254. The third kappa shape index (κ3) is 5.72. The SMILES string of the molecule is COc1ccc(C(C)=O)cc1CSCC(=O)N[C@H](C)C(C)C. The van der Waals surface area contributed by atoms with Crippen LogP contribution in [0.3, 0.4) is 0 Å². The maximum Gasteiger partial charge on any atom is 0.230 e. The van der Waals surface area contributed by atoms with Gasteiger partial charge in [-0.05, 0) is 38.0 Å². The molecule has 1 N–H and O–H groups in total. The molecule has 0 aliphatic heterocycles. The minimum Gasteiger partial charge on any atom is -0.496 e. The van der Waals surface area contributed by atoms with Crippen molar-refractivity contribution in [3.8, 4) is 5.75 Å². The van der Waals surface area contributed by atoms with Crippen molar-refractivity contribution in [3.63, 3.8) is 0 Å². The van der Waals surface area contributed by atoms with Gasteiger partial charge in [-0.15, -0.1) is 11.8 Å². The third-order valence-corrected chi connectivity index (χ3v) is 4.55. The molecule has 0 saturated carbocycles. The highest BCUT2D eigenvalue weighted by Gasteiger charge is 2.12. The van der Waals surface area contributed by atoms with Gasteiger partial charge in [-0.2, -0.15) is 0 Å². The summed E-state index contributed by atoms with van der Waals surface area (Å²) in [5.74, 6) is 2.25. The summed E-state index contributed by atoms with van der Waals surface area (Å²) in [7, 11) is 1.61. The molecule has 4 nitrogen and oxygen atoms in total. The Kier molecular flexibility index (Phi) is 7.45. The fraction of sp³-hybridized carbons (Fsp3) is 0.529. The van der Waals surface area contributed by atoms with Crippen LogP contribution in [0.1, 0.15) is 43.6 Å². The van der Waals surface area contributed by atoms with Crippen LogP contribution >= 0.6 is 11.8 Å². The van der Waals surface area contributed by atoms with E-state index >= 15 is 0 Å². The van der Waals surface area contributed by atoms with E-state index in [1.165, 1.54) is 11.8 Å². The van der Waals surface area contributed by atoms with Crippen LogP contribution in [0, 0.1) is 5.92 Å². The third-order valence-electron chi connectivity index (χ3n) is 3.57. The molecule has 0 unspecified atom stereocenters. The summed E-state index contributed by atoms with van der Waals surface area (Å²) < 4.78 is 5.31. The van der Waals surface area contributed by atoms with Gasteiger partial charge in [0.1, 0.15) is 5.75 Å².